The zero-order valence-electron chi connectivity index (χ0n) is 10.3. The van der Waals surface area contributed by atoms with Crippen molar-refractivity contribution < 1.29 is 17.7 Å². The molecule has 0 saturated heterocycles. The van der Waals surface area contributed by atoms with Crippen LogP contribution >= 0.6 is 0 Å². The molecule has 0 aliphatic rings. The molecule has 2 N–H and O–H groups in total. The van der Waals surface area contributed by atoms with Gasteiger partial charge >= 0.3 is 0 Å². The molecule has 1 aromatic carbocycles. The van der Waals surface area contributed by atoms with Crippen LogP contribution in [0.15, 0.2) is 29.2 Å². The first-order valence-corrected chi connectivity index (χ1v) is 8.54. The first-order valence-electron chi connectivity index (χ1n) is 5.44. The van der Waals surface area contributed by atoms with Crippen molar-refractivity contribution >= 4 is 20.8 Å². The molecule has 5 nitrogen and oxygen atoms in total. The van der Waals surface area contributed by atoms with E-state index in [1.807, 2.05) is 0 Å². The minimum atomic E-state index is -3.61. The van der Waals surface area contributed by atoms with Crippen molar-refractivity contribution in [2.24, 2.45) is 0 Å². The molecule has 0 amide bonds. The Morgan fingerprint density at radius 2 is 2.11 bits per heavy atom. The third kappa shape index (κ3) is 4.40. The molecule has 102 valence electrons. The fourth-order valence-corrected chi connectivity index (χ4v) is 2.83. The summed E-state index contributed by atoms with van der Waals surface area (Å²) in [7, 11) is -4.57. The number of nitrogens with one attached hydrogen (secondary N) is 1. The Hall–Kier alpha value is -0.920. The molecular weight excluding hydrogens is 274 g/mol. The second kappa shape index (κ2) is 6.31. The van der Waals surface area contributed by atoms with E-state index >= 15 is 0 Å². The van der Waals surface area contributed by atoms with Crippen molar-refractivity contribution in [3.05, 3.63) is 24.3 Å². The Balaban J connectivity index is 2.64. The Bertz CT molecular complexity index is 528. The molecule has 7 heteroatoms. The van der Waals surface area contributed by atoms with Gasteiger partial charge in [-0.3, -0.25) is 4.21 Å². The van der Waals surface area contributed by atoms with E-state index in [2.05, 4.69) is 4.72 Å². The number of benzene rings is 1. The first kappa shape index (κ1) is 15.1. The van der Waals surface area contributed by atoms with Crippen molar-refractivity contribution in [1.82, 2.24) is 4.72 Å². The lowest BCUT2D eigenvalue weighted by Gasteiger charge is -2.10. The van der Waals surface area contributed by atoms with Crippen molar-refractivity contribution in [2.75, 3.05) is 12.8 Å². The average molecular weight is 291 g/mol. The summed E-state index contributed by atoms with van der Waals surface area (Å²) in [4.78, 5) is 0.0211. The van der Waals surface area contributed by atoms with Gasteiger partial charge < -0.3 is 5.11 Å². The third-order valence-electron chi connectivity index (χ3n) is 2.54. The molecule has 0 heterocycles. The van der Waals surface area contributed by atoms with E-state index in [4.69, 9.17) is 0 Å². The maximum Gasteiger partial charge on any atom is 0.240 e. The summed E-state index contributed by atoms with van der Waals surface area (Å²) in [6, 6.07) is 5.46. The van der Waals surface area contributed by atoms with Crippen LogP contribution in [0.5, 0.6) is 5.75 Å². The van der Waals surface area contributed by atoms with Gasteiger partial charge in [0.05, 0.1) is 4.90 Å². The van der Waals surface area contributed by atoms with Crippen molar-refractivity contribution in [1.29, 1.82) is 0 Å². The predicted octanol–water partition coefficient (Wildman–Crippen LogP) is 0.828. The van der Waals surface area contributed by atoms with Crippen molar-refractivity contribution in [2.45, 2.75) is 23.5 Å². The maximum atomic E-state index is 11.8. The molecule has 0 fully saturated rings. The van der Waals surface area contributed by atoms with Gasteiger partial charge in [0.15, 0.2) is 0 Å². The summed E-state index contributed by atoms with van der Waals surface area (Å²) in [6.07, 6.45) is 2.09. The fourth-order valence-electron chi connectivity index (χ4n) is 1.30. The largest absolute Gasteiger partial charge is 0.508 e. The highest BCUT2D eigenvalue weighted by molar-refractivity contribution is 7.89. The normalized spacial score (nSPS) is 15.2. The van der Waals surface area contributed by atoms with Crippen LogP contribution in [0.25, 0.3) is 0 Å². The van der Waals surface area contributed by atoms with Crippen LogP contribution in [0.3, 0.4) is 0 Å². The summed E-state index contributed by atoms with van der Waals surface area (Å²) in [6.45, 7) is 2.03. The van der Waals surface area contributed by atoms with Gasteiger partial charge in [0, 0.05) is 28.9 Å². The summed E-state index contributed by atoms with van der Waals surface area (Å²) in [5.74, 6) is -0.0964. The van der Waals surface area contributed by atoms with E-state index < -0.39 is 20.8 Å². The highest BCUT2D eigenvalue weighted by Crippen LogP contribution is 2.15. The van der Waals surface area contributed by atoms with Crippen LogP contribution in [0.1, 0.15) is 13.3 Å². The standard InChI is InChI=1S/C11H17NO4S2/c1-9(17(2)14)6-7-12-18(15,16)11-5-3-4-10(13)8-11/h3-5,8-9,12-13H,6-7H2,1-2H3. The minimum absolute atomic E-state index is 0.0211. The van der Waals surface area contributed by atoms with E-state index in [9.17, 15) is 17.7 Å². The van der Waals surface area contributed by atoms with Crippen molar-refractivity contribution in [3.8, 4) is 5.75 Å². The maximum absolute atomic E-state index is 11.8. The number of phenolic OH excluding ortho intramolecular Hbond substituents is 1. The molecule has 0 saturated carbocycles. The fraction of sp³-hybridized carbons (Fsp3) is 0.455. The van der Waals surface area contributed by atoms with Gasteiger partial charge in [0.2, 0.25) is 10.0 Å². The Morgan fingerprint density at radius 3 is 2.67 bits per heavy atom. The van der Waals surface area contributed by atoms with Crippen LogP contribution in [0, 0.1) is 0 Å². The van der Waals surface area contributed by atoms with Gasteiger partial charge in [-0.15, -0.1) is 0 Å². The van der Waals surface area contributed by atoms with Gasteiger partial charge in [-0.1, -0.05) is 13.0 Å². The lowest BCUT2D eigenvalue weighted by atomic mass is 10.3. The SMILES string of the molecule is CC(CCNS(=O)(=O)c1cccc(O)c1)S(C)=O. The summed E-state index contributed by atoms with van der Waals surface area (Å²) in [5, 5.41) is 9.17. The molecule has 0 aromatic heterocycles. The highest BCUT2D eigenvalue weighted by Gasteiger charge is 2.15. The minimum Gasteiger partial charge on any atom is -0.508 e. The van der Waals surface area contributed by atoms with E-state index in [1.54, 1.807) is 13.2 Å². The van der Waals surface area contributed by atoms with Crippen molar-refractivity contribution in [3.63, 3.8) is 0 Å². The van der Waals surface area contributed by atoms with Gasteiger partial charge in [0.1, 0.15) is 5.75 Å². The highest BCUT2D eigenvalue weighted by atomic mass is 32.2. The molecule has 0 radical (unpaired) electrons. The monoisotopic (exact) mass is 291 g/mol. The van der Waals surface area contributed by atoms with Crippen LogP contribution in [-0.4, -0.2) is 35.8 Å². The Kier molecular flexibility index (Phi) is 5.30. The van der Waals surface area contributed by atoms with Crippen LogP contribution in [-0.2, 0) is 20.8 Å². The third-order valence-corrected chi connectivity index (χ3v) is 5.37. The second-order valence-corrected chi connectivity index (χ2v) is 7.56. The summed E-state index contributed by atoms with van der Waals surface area (Å²) in [5.41, 5.74) is 0. The van der Waals surface area contributed by atoms with Crippen LogP contribution in [0.2, 0.25) is 0 Å². The molecule has 0 aliphatic heterocycles. The van der Waals surface area contributed by atoms with E-state index in [0.717, 1.165) is 0 Å². The molecule has 2 atom stereocenters. The summed E-state index contributed by atoms with van der Waals surface area (Å²) >= 11 is 0. The van der Waals surface area contributed by atoms with Gasteiger partial charge in [-0.05, 0) is 24.6 Å². The Morgan fingerprint density at radius 1 is 1.44 bits per heavy atom. The number of phenols is 1. The molecular formula is C11H17NO4S2. The lowest BCUT2D eigenvalue weighted by Crippen LogP contribution is -2.27. The number of hydrogen-bond donors (Lipinski definition) is 2. The lowest BCUT2D eigenvalue weighted by molar-refractivity contribution is 0.473. The summed E-state index contributed by atoms with van der Waals surface area (Å²) < 4.78 is 37.2. The predicted molar refractivity (Wildman–Crippen MR) is 71.4 cm³/mol. The van der Waals surface area contributed by atoms with Gasteiger partial charge in [-0.2, -0.15) is 0 Å². The smallest absolute Gasteiger partial charge is 0.240 e. The second-order valence-electron chi connectivity index (χ2n) is 3.99. The molecule has 1 rings (SSSR count). The first-order chi connectivity index (χ1) is 8.33. The molecule has 1 aromatic rings. The number of rotatable bonds is 6. The number of aromatic hydroxyl groups is 1. The van der Waals surface area contributed by atoms with Crippen LogP contribution in [0.4, 0.5) is 0 Å². The van der Waals surface area contributed by atoms with Gasteiger partial charge in [-0.25, -0.2) is 13.1 Å². The molecule has 0 spiro atoms. The number of hydrogen-bond acceptors (Lipinski definition) is 4. The average Bonchev–Trinajstić information content (AvgIpc) is 2.28. The van der Waals surface area contributed by atoms with E-state index in [-0.39, 0.29) is 22.4 Å². The topological polar surface area (TPSA) is 83.5 Å². The Labute approximate surface area is 110 Å². The number of sulfonamides is 1. The quantitative estimate of drug-likeness (QED) is 0.813. The van der Waals surface area contributed by atoms with Crippen LogP contribution < -0.4 is 4.72 Å². The van der Waals surface area contributed by atoms with E-state index in [0.29, 0.717) is 6.42 Å². The zero-order chi connectivity index (χ0) is 13.8. The molecule has 2 unspecified atom stereocenters. The molecule has 0 aliphatic carbocycles. The van der Waals surface area contributed by atoms with E-state index in [1.165, 1.54) is 24.3 Å². The zero-order valence-corrected chi connectivity index (χ0v) is 11.9. The molecule has 0 bridgehead atoms. The molecule has 18 heavy (non-hydrogen) atoms. The van der Waals surface area contributed by atoms with Gasteiger partial charge in [0.25, 0.3) is 0 Å².